The average molecular weight is 321 g/mol. The number of hydrogen-bond acceptors (Lipinski definition) is 4. The molecule has 118 valence electrons. The van der Waals surface area contributed by atoms with E-state index in [1.807, 2.05) is 6.07 Å². The lowest BCUT2D eigenvalue weighted by atomic mass is 10.1. The van der Waals surface area contributed by atoms with Crippen LogP contribution in [0.3, 0.4) is 0 Å². The van der Waals surface area contributed by atoms with Crippen LogP contribution >= 0.6 is 0 Å². The van der Waals surface area contributed by atoms with Crippen molar-refractivity contribution in [2.75, 3.05) is 11.4 Å². The van der Waals surface area contributed by atoms with Crippen LogP contribution in [-0.2, 0) is 14.8 Å². The molecule has 6 nitrogen and oxygen atoms in total. The van der Waals surface area contributed by atoms with Gasteiger partial charge in [0.2, 0.25) is 15.9 Å². The summed E-state index contributed by atoms with van der Waals surface area (Å²) < 4.78 is 26.8. The number of hydrogen-bond donors (Lipinski definition) is 1. The lowest BCUT2D eigenvalue weighted by Gasteiger charge is -2.27. The van der Waals surface area contributed by atoms with Gasteiger partial charge in [-0.25, -0.2) is 8.42 Å². The second-order valence-electron chi connectivity index (χ2n) is 5.84. The number of nitrogens with zero attached hydrogens (tertiary/aromatic N) is 2. The van der Waals surface area contributed by atoms with Crippen molar-refractivity contribution in [1.29, 1.82) is 5.26 Å². The van der Waals surface area contributed by atoms with Crippen molar-refractivity contribution in [1.82, 2.24) is 4.72 Å². The first-order valence-electron chi connectivity index (χ1n) is 7.11. The van der Waals surface area contributed by atoms with E-state index in [0.717, 1.165) is 12.8 Å². The highest BCUT2D eigenvalue weighted by molar-refractivity contribution is 7.89. The third-order valence-corrected chi connectivity index (χ3v) is 5.12. The maximum absolute atomic E-state index is 12.2. The van der Waals surface area contributed by atoms with E-state index in [1.165, 1.54) is 26.0 Å². The Kier molecular flexibility index (Phi) is 4.54. The van der Waals surface area contributed by atoms with Gasteiger partial charge in [-0.3, -0.25) is 4.79 Å². The summed E-state index contributed by atoms with van der Waals surface area (Å²) in [6, 6.07) is 8.04. The standard InChI is InChI=1S/C15H19N3O3S/c1-15(2,11-16)17-22(20,21)13-8-6-12(7-9-13)18-10-4-3-5-14(18)19/h6-9,17H,3-5,10H2,1-2H3. The molecule has 0 aromatic heterocycles. The van der Waals surface area contributed by atoms with E-state index in [9.17, 15) is 13.2 Å². The van der Waals surface area contributed by atoms with Gasteiger partial charge in [0, 0.05) is 18.7 Å². The Morgan fingerprint density at radius 3 is 2.41 bits per heavy atom. The molecule has 7 heteroatoms. The third-order valence-electron chi connectivity index (χ3n) is 3.45. The van der Waals surface area contributed by atoms with Crippen LogP contribution in [0.5, 0.6) is 0 Å². The Hall–Kier alpha value is -1.91. The molecule has 1 aliphatic heterocycles. The van der Waals surface area contributed by atoms with Crippen LogP contribution in [0.25, 0.3) is 0 Å². The summed E-state index contributed by atoms with van der Waals surface area (Å²) >= 11 is 0. The number of sulfonamides is 1. The van der Waals surface area contributed by atoms with Crippen molar-refractivity contribution in [2.24, 2.45) is 0 Å². The fraction of sp³-hybridized carbons (Fsp3) is 0.467. The summed E-state index contributed by atoms with van der Waals surface area (Å²) in [5.41, 5.74) is -0.483. The van der Waals surface area contributed by atoms with E-state index in [4.69, 9.17) is 5.26 Å². The molecule has 1 aliphatic rings. The zero-order valence-corrected chi connectivity index (χ0v) is 13.5. The number of nitriles is 1. The minimum absolute atomic E-state index is 0.0607. The van der Waals surface area contributed by atoms with Gasteiger partial charge in [-0.15, -0.1) is 0 Å². The highest BCUT2D eigenvalue weighted by atomic mass is 32.2. The monoisotopic (exact) mass is 321 g/mol. The van der Waals surface area contributed by atoms with Crippen molar-refractivity contribution < 1.29 is 13.2 Å². The summed E-state index contributed by atoms with van der Waals surface area (Å²) in [6.07, 6.45) is 2.37. The quantitative estimate of drug-likeness (QED) is 0.915. The molecule has 2 rings (SSSR count). The summed E-state index contributed by atoms with van der Waals surface area (Å²) in [6.45, 7) is 3.64. The van der Waals surface area contributed by atoms with Gasteiger partial charge < -0.3 is 4.90 Å². The SMILES string of the molecule is CC(C)(C#N)NS(=O)(=O)c1ccc(N2CCCCC2=O)cc1. The maximum atomic E-state index is 12.2. The normalized spacial score (nSPS) is 16.4. The predicted octanol–water partition coefficient (Wildman–Crippen LogP) is 1.78. The number of carbonyl (C=O) groups excluding carboxylic acids is 1. The number of carbonyl (C=O) groups is 1. The molecule has 1 heterocycles. The van der Waals surface area contributed by atoms with Crippen molar-refractivity contribution in [3.63, 3.8) is 0 Å². The molecule has 0 saturated carbocycles. The minimum atomic E-state index is -3.77. The fourth-order valence-electron chi connectivity index (χ4n) is 2.30. The van der Waals surface area contributed by atoms with Crippen LogP contribution in [0.2, 0.25) is 0 Å². The molecular formula is C15H19N3O3S. The van der Waals surface area contributed by atoms with Gasteiger partial charge in [-0.2, -0.15) is 9.98 Å². The molecule has 0 bridgehead atoms. The van der Waals surface area contributed by atoms with Crippen LogP contribution in [0.4, 0.5) is 5.69 Å². The second kappa shape index (κ2) is 6.07. The summed E-state index contributed by atoms with van der Waals surface area (Å²) in [7, 11) is -3.77. The first-order chi connectivity index (χ1) is 10.2. The molecular weight excluding hydrogens is 302 g/mol. The van der Waals surface area contributed by atoms with Gasteiger partial charge in [-0.05, 0) is 51.0 Å². The highest BCUT2D eigenvalue weighted by Crippen LogP contribution is 2.23. The number of piperidine rings is 1. The van der Waals surface area contributed by atoms with Gasteiger partial charge in [-0.1, -0.05) is 0 Å². The molecule has 1 saturated heterocycles. The Bertz CT molecular complexity index is 703. The van der Waals surface area contributed by atoms with Gasteiger partial charge in [0.1, 0.15) is 5.54 Å². The van der Waals surface area contributed by atoms with E-state index in [-0.39, 0.29) is 10.8 Å². The molecule has 0 unspecified atom stereocenters. The molecule has 1 amide bonds. The van der Waals surface area contributed by atoms with Crippen molar-refractivity contribution in [2.45, 2.75) is 43.5 Å². The largest absolute Gasteiger partial charge is 0.312 e. The first kappa shape index (κ1) is 16.5. The molecule has 0 spiro atoms. The van der Waals surface area contributed by atoms with E-state index >= 15 is 0 Å². The van der Waals surface area contributed by atoms with Crippen LogP contribution in [0, 0.1) is 11.3 Å². The molecule has 0 radical (unpaired) electrons. The lowest BCUT2D eigenvalue weighted by Crippen LogP contribution is -2.42. The smallest absolute Gasteiger partial charge is 0.241 e. The van der Waals surface area contributed by atoms with Gasteiger partial charge in [0.05, 0.1) is 11.0 Å². The maximum Gasteiger partial charge on any atom is 0.241 e. The van der Waals surface area contributed by atoms with E-state index in [2.05, 4.69) is 4.72 Å². The summed E-state index contributed by atoms with van der Waals surface area (Å²) in [5, 5.41) is 8.93. The number of anilines is 1. The number of nitrogens with one attached hydrogen (secondary N) is 1. The molecule has 1 aromatic rings. The Morgan fingerprint density at radius 2 is 1.86 bits per heavy atom. The second-order valence-corrected chi connectivity index (χ2v) is 7.52. The summed E-state index contributed by atoms with van der Waals surface area (Å²) in [5.74, 6) is 0.0607. The third kappa shape index (κ3) is 3.64. The number of benzene rings is 1. The molecule has 1 fully saturated rings. The van der Waals surface area contributed by atoms with Gasteiger partial charge in [0.15, 0.2) is 0 Å². The first-order valence-corrected chi connectivity index (χ1v) is 8.59. The lowest BCUT2D eigenvalue weighted by molar-refractivity contribution is -0.119. The molecule has 1 N–H and O–H groups in total. The van der Waals surface area contributed by atoms with Crippen LogP contribution < -0.4 is 9.62 Å². The van der Waals surface area contributed by atoms with Crippen molar-refractivity contribution in [3.05, 3.63) is 24.3 Å². The fourth-order valence-corrected chi connectivity index (χ4v) is 3.63. The number of amides is 1. The number of rotatable bonds is 4. The van der Waals surface area contributed by atoms with Gasteiger partial charge >= 0.3 is 0 Å². The Balaban J connectivity index is 2.22. The van der Waals surface area contributed by atoms with Crippen molar-refractivity contribution >= 4 is 21.6 Å². The van der Waals surface area contributed by atoms with Crippen LogP contribution in [0.1, 0.15) is 33.1 Å². The zero-order chi connectivity index (χ0) is 16.4. The highest BCUT2D eigenvalue weighted by Gasteiger charge is 2.26. The molecule has 0 aliphatic carbocycles. The van der Waals surface area contributed by atoms with E-state index < -0.39 is 15.6 Å². The molecule has 0 atom stereocenters. The summed E-state index contributed by atoms with van der Waals surface area (Å²) in [4.78, 5) is 13.6. The topological polar surface area (TPSA) is 90.3 Å². The predicted molar refractivity (Wildman–Crippen MR) is 82.7 cm³/mol. The molecule has 1 aromatic carbocycles. The van der Waals surface area contributed by atoms with Gasteiger partial charge in [0.25, 0.3) is 0 Å². The minimum Gasteiger partial charge on any atom is -0.312 e. The van der Waals surface area contributed by atoms with E-state index in [0.29, 0.717) is 18.7 Å². The zero-order valence-electron chi connectivity index (χ0n) is 12.7. The molecule has 22 heavy (non-hydrogen) atoms. The van der Waals surface area contributed by atoms with E-state index in [1.54, 1.807) is 17.0 Å². The van der Waals surface area contributed by atoms with Crippen LogP contribution in [-0.4, -0.2) is 26.4 Å². The Morgan fingerprint density at radius 1 is 1.23 bits per heavy atom. The van der Waals surface area contributed by atoms with Crippen LogP contribution in [0.15, 0.2) is 29.2 Å². The van der Waals surface area contributed by atoms with Crippen molar-refractivity contribution in [3.8, 4) is 6.07 Å². The Labute approximate surface area is 130 Å². The average Bonchev–Trinajstić information content (AvgIpc) is 2.47.